The molecule has 0 aliphatic carbocycles. The van der Waals surface area contributed by atoms with Crippen molar-refractivity contribution in [3.63, 3.8) is 0 Å². The van der Waals surface area contributed by atoms with Crippen LogP contribution in [-0.4, -0.2) is 50.1 Å². The molecule has 0 aliphatic rings. The highest BCUT2D eigenvalue weighted by molar-refractivity contribution is 5.90. The van der Waals surface area contributed by atoms with Gasteiger partial charge in [0.2, 0.25) is 11.8 Å². The molecule has 0 aliphatic heterocycles. The summed E-state index contributed by atoms with van der Waals surface area (Å²) in [5.41, 5.74) is 11.1. The molecule has 0 rings (SSSR count). The minimum Gasteiger partial charge on any atom is -0.467 e. The third kappa shape index (κ3) is 17.8. The fourth-order valence-electron chi connectivity index (χ4n) is 3.96. The van der Waals surface area contributed by atoms with Gasteiger partial charge in [-0.1, -0.05) is 64.7 Å². The first-order chi connectivity index (χ1) is 16.5. The molecule has 0 spiro atoms. The largest absolute Gasteiger partial charge is 0.467 e. The quantitative estimate of drug-likeness (QED) is 0.129. The van der Waals surface area contributed by atoms with Crippen LogP contribution in [0.5, 0.6) is 0 Å². The summed E-state index contributed by atoms with van der Waals surface area (Å²) >= 11 is 0. The summed E-state index contributed by atoms with van der Waals surface area (Å²) in [5, 5.41) is 5.64. The van der Waals surface area contributed by atoms with Gasteiger partial charge in [0.05, 0.1) is 7.11 Å². The van der Waals surface area contributed by atoms with Crippen LogP contribution in [0.1, 0.15) is 116 Å². The predicted molar refractivity (Wildman–Crippen MR) is 138 cm³/mol. The van der Waals surface area contributed by atoms with E-state index in [4.69, 9.17) is 16.2 Å². The summed E-state index contributed by atoms with van der Waals surface area (Å²) in [6.45, 7) is 3.29. The molecule has 0 aromatic carbocycles. The fourth-order valence-corrected chi connectivity index (χ4v) is 3.96. The molecule has 0 bridgehead atoms. The smallest absolute Gasteiger partial charge is 0.328 e. The summed E-state index contributed by atoms with van der Waals surface area (Å²) < 4.78 is 4.83. The number of ether oxygens (including phenoxy) is 1. The van der Waals surface area contributed by atoms with E-state index in [1.165, 1.54) is 52.1 Å². The Morgan fingerprint density at radius 1 is 0.676 bits per heavy atom. The Hall–Kier alpha value is -1.67. The summed E-state index contributed by atoms with van der Waals surface area (Å²) in [7, 11) is 1.30. The lowest BCUT2D eigenvalue weighted by atomic mass is 10.0. The van der Waals surface area contributed by atoms with Gasteiger partial charge in [0.25, 0.3) is 0 Å². The Kier molecular flexibility index (Phi) is 22.0. The highest BCUT2D eigenvalue weighted by Gasteiger charge is 2.26. The summed E-state index contributed by atoms with van der Waals surface area (Å²) in [5.74, 6) is -0.954. The first-order valence-electron chi connectivity index (χ1n) is 13.6. The molecule has 0 saturated heterocycles. The molecule has 0 fully saturated rings. The van der Waals surface area contributed by atoms with E-state index in [1.807, 2.05) is 0 Å². The van der Waals surface area contributed by atoms with E-state index in [1.54, 1.807) is 0 Å². The molecule has 2 amide bonds. The van der Waals surface area contributed by atoms with Gasteiger partial charge in [-0.3, -0.25) is 9.59 Å². The van der Waals surface area contributed by atoms with Crippen LogP contribution >= 0.6 is 0 Å². The zero-order valence-electron chi connectivity index (χ0n) is 21.9. The van der Waals surface area contributed by atoms with Gasteiger partial charge >= 0.3 is 5.97 Å². The van der Waals surface area contributed by atoms with Crippen LogP contribution in [0.2, 0.25) is 0 Å². The van der Waals surface area contributed by atoms with Crippen LogP contribution in [0.25, 0.3) is 0 Å². The van der Waals surface area contributed by atoms with Crippen molar-refractivity contribution in [1.29, 1.82) is 0 Å². The Balaban J connectivity index is 4.47. The molecular formula is C26H52N4O4. The summed E-state index contributed by atoms with van der Waals surface area (Å²) in [6, 6.07) is -1.41. The van der Waals surface area contributed by atoms with Crippen molar-refractivity contribution in [2.24, 2.45) is 11.5 Å². The first kappa shape index (κ1) is 32.3. The van der Waals surface area contributed by atoms with Crippen LogP contribution in [-0.2, 0) is 19.1 Å². The molecule has 8 nitrogen and oxygen atoms in total. The van der Waals surface area contributed by atoms with Gasteiger partial charge in [0, 0.05) is 6.42 Å². The van der Waals surface area contributed by atoms with E-state index in [0.29, 0.717) is 38.8 Å². The zero-order valence-corrected chi connectivity index (χ0v) is 21.9. The maximum absolute atomic E-state index is 12.9. The van der Waals surface area contributed by atoms with E-state index >= 15 is 0 Å². The Bertz CT molecular complexity index is 531. The lowest BCUT2D eigenvalue weighted by molar-refractivity contribution is -0.145. The lowest BCUT2D eigenvalue weighted by Gasteiger charge is -2.22. The van der Waals surface area contributed by atoms with Gasteiger partial charge in [0.1, 0.15) is 12.1 Å². The van der Waals surface area contributed by atoms with E-state index in [-0.39, 0.29) is 11.8 Å². The molecule has 0 aromatic heterocycles. The van der Waals surface area contributed by atoms with Crippen LogP contribution in [0, 0.1) is 0 Å². The van der Waals surface area contributed by atoms with Crippen molar-refractivity contribution in [1.82, 2.24) is 10.6 Å². The van der Waals surface area contributed by atoms with E-state index in [9.17, 15) is 14.4 Å². The van der Waals surface area contributed by atoms with E-state index in [2.05, 4.69) is 17.6 Å². The summed E-state index contributed by atoms with van der Waals surface area (Å²) in [6.07, 6.45) is 16.4. The van der Waals surface area contributed by atoms with Gasteiger partial charge in [-0.2, -0.15) is 0 Å². The minimum absolute atomic E-state index is 0.120. The molecule has 0 radical (unpaired) electrons. The molecule has 2 atom stereocenters. The van der Waals surface area contributed by atoms with Gasteiger partial charge in [-0.15, -0.1) is 0 Å². The second-order valence-electron chi connectivity index (χ2n) is 9.21. The molecule has 0 saturated carbocycles. The van der Waals surface area contributed by atoms with Crippen molar-refractivity contribution >= 4 is 17.8 Å². The number of carbonyl (C=O) groups is 3. The Labute approximate surface area is 207 Å². The van der Waals surface area contributed by atoms with Crippen molar-refractivity contribution in [2.75, 3.05) is 20.2 Å². The van der Waals surface area contributed by atoms with Crippen LogP contribution in [0.15, 0.2) is 0 Å². The first-order valence-corrected chi connectivity index (χ1v) is 13.6. The highest BCUT2D eigenvalue weighted by atomic mass is 16.5. The molecular weight excluding hydrogens is 432 g/mol. The minimum atomic E-state index is -0.736. The second-order valence-corrected chi connectivity index (χ2v) is 9.21. The number of esters is 1. The van der Waals surface area contributed by atoms with E-state index in [0.717, 1.165) is 38.5 Å². The maximum atomic E-state index is 12.9. The number of carbonyl (C=O) groups excluding carboxylic acids is 3. The standard InChI is InChI=1S/C26H52N4O4/c1-3-4-5-6-7-8-9-10-11-12-19-24(31)29-22(17-13-15-20-27)25(32)30-23(26(33)34-2)18-14-16-21-28/h22-23H,3-21,27-28H2,1-2H3,(H,29,31)(H,30,32). The molecule has 2 unspecified atom stereocenters. The average Bonchev–Trinajstić information content (AvgIpc) is 2.83. The Morgan fingerprint density at radius 2 is 1.18 bits per heavy atom. The summed E-state index contributed by atoms with van der Waals surface area (Å²) in [4.78, 5) is 37.5. The maximum Gasteiger partial charge on any atom is 0.328 e. The van der Waals surface area contributed by atoms with Gasteiger partial charge in [-0.25, -0.2) is 4.79 Å². The number of nitrogens with one attached hydrogen (secondary N) is 2. The van der Waals surface area contributed by atoms with E-state index < -0.39 is 18.1 Å². The van der Waals surface area contributed by atoms with Gasteiger partial charge < -0.3 is 26.8 Å². The molecule has 6 N–H and O–H groups in total. The highest BCUT2D eigenvalue weighted by Crippen LogP contribution is 2.12. The number of nitrogens with two attached hydrogens (primary N) is 2. The third-order valence-corrected chi connectivity index (χ3v) is 6.11. The Morgan fingerprint density at radius 3 is 1.68 bits per heavy atom. The van der Waals surface area contributed by atoms with Crippen molar-refractivity contribution in [3.8, 4) is 0 Å². The van der Waals surface area contributed by atoms with Gasteiger partial charge in [-0.05, 0) is 58.0 Å². The van der Waals surface area contributed by atoms with Crippen molar-refractivity contribution in [2.45, 2.75) is 128 Å². The van der Waals surface area contributed by atoms with Crippen molar-refractivity contribution in [3.05, 3.63) is 0 Å². The SMILES string of the molecule is CCCCCCCCCCCCC(=O)NC(CCCCN)C(=O)NC(CCCCN)C(=O)OC. The molecule has 8 heteroatoms. The fraction of sp³-hybridized carbons (Fsp3) is 0.885. The number of methoxy groups -OCH3 is 1. The van der Waals surface area contributed by atoms with Crippen LogP contribution in [0.4, 0.5) is 0 Å². The normalized spacial score (nSPS) is 12.7. The third-order valence-electron chi connectivity index (χ3n) is 6.11. The number of unbranched alkanes of at least 4 members (excludes halogenated alkanes) is 11. The van der Waals surface area contributed by atoms with Crippen LogP contribution < -0.4 is 22.1 Å². The van der Waals surface area contributed by atoms with Gasteiger partial charge in [0.15, 0.2) is 0 Å². The molecule has 0 aromatic rings. The predicted octanol–water partition coefficient (Wildman–Crippen LogP) is 3.70. The second kappa shape index (κ2) is 23.1. The van der Waals surface area contributed by atoms with Crippen molar-refractivity contribution < 1.29 is 19.1 Å². The zero-order chi connectivity index (χ0) is 25.4. The lowest BCUT2D eigenvalue weighted by Crippen LogP contribution is -2.51. The number of amides is 2. The average molecular weight is 485 g/mol. The number of hydrogen-bond donors (Lipinski definition) is 4. The number of rotatable bonds is 23. The molecule has 200 valence electrons. The number of hydrogen-bond acceptors (Lipinski definition) is 6. The monoisotopic (exact) mass is 484 g/mol. The molecule has 34 heavy (non-hydrogen) atoms. The van der Waals surface area contributed by atoms with Crippen LogP contribution in [0.3, 0.4) is 0 Å². The molecule has 0 heterocycles. The topological polar surface area (TPSA) is 137 Å².